The van der Waals surface area contributed by atoms with Crippen molar-refractivity contribution in [3.63, 3.8) is 0 Å². The van der Waals surface area contributed by atoms with Crippen molar-refractivity contribution in [1.29, 1.82) is 0 Å². The number of urea groups is 1. The highest BCUT2D eigenvalue weighted by Gasteiger charge is 2.25. The number of amides is 4. The first-order chi connectivity index (χ1) is 18.4. The van der Waals surface area contributed by atoms with Gasteiger partial charge in [0.25, 0.3) is 11.8 Å². The second-order valence-electron chi connectivity index (χ2n) is 10.9. The summed E-state index contributed by atoms with van der Waals surface area (Å²) in [5, 5.41) is 11.3. The molecule has 4 N–H and O–H groups in total. The van der Waals surface area contributed by atoms with Crippen molar-refractivity contribution in [2.24, 2.45) is 5.41 Å². The number of allylic oxidation sites excluding steroid dienone is 2. The molecule has 0 heterocycles. The van der Waals surface area contributed by atoms with Gasteiger partial charge in [-0.05, 0) is 66.1 Å². The van der Waals surface area contributed by atoms with E-state index in [4.69, 9.17) is 0 Å². The minimum atomic E-state index is -0.541. The lowest BCUT2D eigenvalue weighted by atomic mass is 9.94. The average Bonchev–Trinajstić information content (AvgIpc) is 3.70. The Morgan fingerprint density at radius 2 is 1.72 bits per heavy atom. The molecule has 206 valence electrons. The van der Waals surface area contributed by atoms with E-state index in [1.807, 2.05) is 20.8 Å². The molecular weight excluding hydrogens is 495 g/mol. The molecule has 0 aliphatic heterocycles. The summed E-state index contributed by atoms with van der Waals surface area (Å²) in [7, 11) is 0. The fourth-order valence-corrected chi connectivity index (χ4v) is 3.76. The standard InChI is InChI=1S/C31H37FN4O3/c1-7-9-20(8-2)17-33-30(39)36-27-16-21(28(37)34-18-31(4,5)6)10-13-24(27)25-14-22(15-26(32)19(25)3)29(38)35-23-11-12-23/h7-10,13-16,23H,1-2,11-12,17-18H2,3-6H3,(H,34,37)(H,35,38)(H2,33,36,39)/b20-9+. The first-order valence-electron chi connectivity index (χ1n) is 12.9. The third-order valence-corrected chi connectivity index (χ3v) is 6.17. The maximum absolute atomic E-state index is 15.0. The highest BCUT2D eigenvalue weighted by atomic mass is 19.1. The SMILES string of the molecule is C=C/C=C(\C=C)CNC(=O)Nc1cc(C(=O)NCC(C)(C)C)ccc1-c1cc(C(=O)NC2CC2)cc(F)c1C. The van der Waals surface area contributed by atoms with Crippen molar-refractivity contribution in [1.82, 2.24) is 16.0 Å². The van der Waals surface area contributed by atoms with Gasteiger partial charge in [0.1, 0.15) is 5.82 Å². The molecule has 0 spiro atoms. The van der Waals surface area contributed by atoms with Crippen LogP contribution in [0, 0.1) is 18.2 Å². The van der Waals surface area contributed by atoms with E-state index < -0.39 is 11.8 Å². The summed E-state index contributed by atoms with van der Waals surface area (Å²) in [4.78, 5) is 38.5. The van der Waals surface area contributed by atoms with Gasteiger partial charge in [0.15, 0.2) is 0 Å². The number of hydrogen-bond donors (Lipinski definition) is 4. The Morgan fingerprint density at radius 3 is 2.33 bits per heavy atom. The molecule has 0 radical (unpaired) electrons. The van der Waals surface area contributed by atoms with E-state index in [1.165, 1.54) is 6.07 Å². The second kappa shape index (κ2) is 12.6. The lowest BCUT2D eigenvalue weighted by Gasteiger charge is -2.20. The number of anilines is 1. The molecule has 0 bridgehead atoms. The predicted octanol–water partition coefficient (Wildman–Crippen LogP) is 5.89. The van der Waals surface area contributed by atoms with Crippen LogP contribution in [0.25, 0.3) is 11.1 Å². The molecule has 1 fully saturated rings. The molecule has 1 saturated carbocycles. The zero-order chi connectivity index (χ0) is 28.7. The molecule has 4 amide bonds. The summed E-state index contributed by atoms with van der Waals surface area (Å²) in [6.45, 7) is 15.7. The molecule has 3 rings (SSSR count). The minimum absolute atomic E-state index is 0.117. The van der Waals surface area contributed by atoms with Gasteiger partial charge in [-0.2, -0.15) is 0 Å². The van der Waals surface area contributed by atoms with Crippen LogP contribution in [0.5, 0.6) is 0 Å². The van der Waals surface area contributed by atoms with E-state index in [2.05, 4.69) is 34.4 Å². The normalized spacial score (nSPS) is 13.3. The molecule has 0 unspecified atom stereocenters. The Hall–Kier alpha value is -4.20. The quantitative estimate of drug-likeness (QED) is 0.287. The third-order valence-electron chi connectivity index (χ3n) is 6.17. The molecule has 0 aromatic heterocycles. The van der Waals surface area contributed by atoms with Crippen molar-refractivity contribution in [2.45, 2.75) is 46.6 Å². The van der Waals surface area contributed by atoms with E-state index in [1.54, 1.807) is 49.4 Å². The van der Waals surface area contributed by atoms with Crippen LogP contribution < -0.4 is 21.3 Å². The van der Waals surface area contributed by atoms with Gasteiger partial charge in [0, 0.05) is 35.8 Å². The summed E-state index contributed by atoms with van der Waals surface area (Å²) < 4.78 is 15.0. The van der Waals surface area contributed by atoms with Crippen molar-refractivity contribution in [3.05, 3.63) is 89.8 Å². The third kappa shape index (κ3) is 8.40. The summed E-state index contributed by atoms with van der Waals surface area (Å²) in [5.74, 6) is -1.20. The lowest BCUT2D eigenvalue weighted by Crippen LogP contribution is -2.32. The Balaban J connectivity index is 1.99. The smallest absolute Gasteiger partial charge is 0.319 e. The Labute approximate surface area is 229 Å². The largest absolute Gasteiger partial charge is 0.352 e. The van der Waals surface area contributed by atoms with E-state index in [-0.39, 0.29) is 35.4 Å². The van der Waals surface area contributed by atoms with Gasteiger partial charge >= 0.3 is 6.03 Å². The predicted molar refractivity (Wildman–Crippen MR) is 154 cm³/mol. The number of carbonyl (C=O) groups excluding carboxylic acids is 3. The molecule has 2 aromatic carbocycles. The number of carbonyl (C=O) groups is 3. The summed E-state index contributed by atoms with van der Waals surface area (Å²) >= 11 is 0. The van der Waals surface area contributed by atoms with E-state index in [0.29, 0.717) is 34.5 Å². The van der Waals surface area contributed by atoms with Crippen molar-refractivity contribution >= 4 is 23.5 Å². The summed E-state index contributed by atoms with van der Waals surface area (Å²) in [5.41, 5.74) is 2.68. The number of benzene rings is 2. The molecular formula is C31H37FN4O3. The second-order valence-corrected chi connectivity index (χ2v) is 10.9. The van der Waals surface area contributed by atoms with E-state index >= 15 is 4.39 Å². The zero-order valence-corrected chi connectivity index (χ0v) is 23.0. The number of nitrogens with one attached hydrogen (secondary N) is 4. The highest BCUT2D eigenvalue weighted by Crippen LogP contribution is 2.34. The Kier molecular flexibility index (Phi) is 9.46. The molecule has 8 heteroatoms. The fraction of sp³-hybridized carbons (Fsp3) is 0.323. The van der Waals surface area contributed by atoms with Crippen molar-refractivity contribution in [3.8, 4) is 11.1 Å². The minimum Gasteiger partial charge on any atom is -0.352 e. The zero-order valence-electron chi connectivity index (χ0n) is 23.0. The molecule has 39 heavy (non-hydrogen) atoms. The Bertz CT molecular complexity index is 1320. The monoisotopic (exact) mass is 532 g/mol. The lowest BCUT2D eigenvalue weighted by molar-refractivity contribution is 0.0935. The van der Waals surface area contributed by atoms with Gasteiger partial charge in [0.2, 0.25) is 0 Å². The van der Waals surface area contributed by atoms with Gasteiger partial charge in [-0.25, -0.2) is 9.18 Å². The van der Waals surface area contributed by atoms with Crippen LogP contribution in [0.3, 0.4) is 0 Å². The Morgan fingerprint density at radius 1 is 1.00 bits per heavy atom. The maximum Gasteiger partial charge on any atom is 0.319 e. The van der Waals surface area contributed by atoms with Crippen LogP contribution in [0.15, 0.2) is 67.3 Å². The van der Waals surface area contributed by atoms with Crippen LogP contribution in [0.4, 0.5) is 14.9 Å². The molecule has 2 aromatic rings. The van der Waals surface area contributed by atoms with Crippen LogP contribution in [0.1, 0.15) is 59.9 Å². The van der Waals surface area contributed by atoms with Crippen LogP contribution in [-0.2, 0) is 0 Å². The number of hydrogen-bond acceptors (Lipinski definition) is 3. The fourth-order valence-electron chi connectivity index (χ4n) is 3.76. The molecule has 0 atom stereocenters. The van der Waals surface area contributed by atoms with Gasteiger partial charge in [-0.1, -0.05) is 58.2 Å². The van der Waals surface area contributed by atoms with E-state index in [9.17, 15) is 14.4 Å². The van der Waals surface area contributed by atoms with E-state index in [0.717, 1.165) is 18.4 Å². The first-order valence-corrected chi connectivity index (χ1v) is 12.9. The average molecular weight is 533 g/mol. The number of halogens is 1. The van der Waals surface area contributed by atoms with Crippen LogP contribution in [0.2, 0.25) is 0 Å². The van der Waals surface area contributed by atoms with Gasteiger partial charge in [0.05, 0.1) is 5.69 Å². The van der Waals surface area contributed by atoms with Crippen LogP contribution in [-0.4, -0.2) is 37.0 Å². The summed E-state index contributed by atoms with van der Waals surface area (Å²) in [6.07, 6.45) is 6.74. The summed E-state index contributed by atoms with van der Waals surface area (Å²) in [6, 6.07) is 7.24. The van der Waals surface area contributed by atoms with Crippen LogP contribution >= 0.6 is 0 Å². The van der Waals surface area contributed by atoms with Gasteiger partial charge in [-0.15, -0.1) is 0 Å². The van der Waals surface area contributed by atoms with Gasteiger partial charge in [-0.3, -0.25) is 9.59 Å². The maximum atomic E-state index is 15.0. The van der Waals surface area contributed by atoms with Crippen molar-refractivity contribution in [2.75, 3.05) is 18.4 Å². The number of rotatable bonds is 10. The topological polar surface area (TPSA) is 99.3 Å². The van der Waals surface area contributed by atoms with Gasteiger partial charge < -0.3 is 21.3 Å². The molecule has 7 nitrogen and oxygen atoms in total. The first kappa shape index (κ1) is 29.4. The van der Waals surface area contributed by atoms with Crippen molar-refractivity contribution < 1.29 is 18.8 Å². The molecule has 1 aliphatic rings. The molecule has 1 aliphatic carbocycles. The molecule has 0 saturated heterocycles. The highest BCUT2D eigenvalue weighted by molar-refractivity contribution is 6.02.